The number of carbonyl (C=O) groups is 1. The molecular formula is C27H24Cl2FN5O4S2. The first kappa shape index (κ1) is 29.5. The van der Waals surface area contributed by atoms with Gasteiger partial charge in [0.1, 0.15) is 5.82 Å². The maximum atomic E-state index is 13.6. The summed E-state index contributed by atoms with van der Waals surface area (Å²) in [5, 5.41) is 12.6. The van der Waals surface area contributed by atoms with Crippen molar-refractivity contribution in [3.8, 4) is 11.4 Å². The molecule has 1 N–H and O–H groups in total. The van der Waals surface area contributed by atoms with Gasteiger partial charge in [0, 0.05) is 23.7 Å². The van der Waals surface area contributed by atoms with E-state index in [0.29, 0.717) is 45.5 Å². The molecule has 2 heterocycles. The van der Waals surface area contributed by atoms with Gasteiger partial charge in [-0.05, 0) is 48.0 Å². The van der Waals surface area contributed by atoms with Crippen molar-refractivity contribution in [2.24, 2.45) is 0 Å². The zero-order valence-electron chi connectivity index (χ0n) is 21.5. The smallest absolute Gasteiger partial charge is 0.243 e. The molecule has 5 rings (SSSR count). The molecule has 214 valence electrons. The van der Waals surface area contributed by atoms with Crippen LogP contribution < -0.4 is 5.32 Å². The summed E-state index contributed by atoms with van der Waals surface area (Å²) in [6.45, 7) is 1.48. The predicted molar refractivity (Wildman–Crippen MR) is 156 cm³/mol. The Morgan fingerprint density at radius 2 is 1.78 bits per heavy atom. The summed E-state index contributed by atoms with van der Waals surface area (Å²) in [6, 6.07) is 17.2. The number of hydrogen-bond donors (Lipinski definition) is 1. The SMILES string of the molecule is O=C(CSc1nnc(-c2cccc(S(=O)(=O)N3CCOCC3)c2)n1Cc1ccc(F)cc1)Nc1ccc(Cl)cc1Cl. The van der Waals surface area contributed by atoms with Crippen LogP contribution in [0.2, 0.25) is 10.0 Å². The van der Waals surface area contributed by atoms with E-state index in [1.165, 1.54) is 28.6 Å². The van der Waals surface area contributed by atoms with Gasteiger partial charge in [0.05, 0.1) is 41.1 Å². The number of rotatable bonds is 9. The first-order chi connectivity index (χ1) is 19.7. The summed E-state index contributed by atoms with van der Waals surface area (Å²) < 4.78 is 48.6. The molecule has 3 aromatic carbocycles. The molecule has 0 spiro atoms. The zero-order valence-corrected chi connectivity index (χ0v) is 24.6. The Labute approximate surface area is 250 Å². The number of morpholine rings is 1. The molecule has 0 saturated carbocycles. The van der Waals surface area contributed by atoms with Gasteiger partial charge in [-0.1, -0.05) is 59.2 Å². The molecule has 0 bridgehead atoms. The molecule has 0 atom stereocenters. The molecule has 1 amide bonds. The number of benzene rings is 3. The van der Waals surface area contributed by atoms with Gasteiger partial charge in [-0.25, -0.2) is 12.8 Å². The second-order valence-corrected chi connectivity index (χ2v) is 12.7. The lowest BCUT2D eigenvalue weighted by Crippen LogP contribution is -2.40. The number of nitrogens with zero attached hydrogens (tertiary/aromatic N) is 4. The van der Waals surface area contributed by atoms with Crippen LogP contribution in [-0.4, -0.2) is 65.5 Å². The van der Waals surface area contributed by atoms with E-state index < -0.39 is 10.0 Å². The number of ether oxygens (including phenoxy) is 1. The van der Waals surface area contributed by atoms with E-state index in [9.17, 15) is 17.6 Å². The number of hydrogen-bond acceptors (Lipinski definition) is 7. The highest BCUT2D eigenvalue weighted by Gasteiger charge is 2.27. The average Bonchev–Trinajstić information content (AvgIpc) is 3.37. The van der Waals surface area contributed by atoms with Crippen LogP contribution >= 0.6 is 35.0 Å². The van der Waals surface area contributed by atoms with E-state index in [0.717, 1.165) is 17.3 Å². The van der Waals surface area contributed by atoms with E-state index in [1.807, 2.05) is 0 Å². The molecule has 0 unspecified atom stereocenters. The van der Waals surface area contributed by atoms with Crippen LogP contribution in [0.25, 0.3) is 11.4 Å². The molecule has 1 saturated heterocycles. The highest BCUT2D eigenvalue weighted by Crippen LogP contribution is 2.29. The normalized spacial score (nSPS) is 14.2. The minimum atomic E-state index is -3.74. The minimum absolute atomic E-state index is 0.00798. The van der Waals surface area contributed by atoms with E-state index in [-0.39, 0.29) is 42.0 Å². The van der Waals surface area contributed by atoms with Crippen LogP contribution in [0, 0.1) is 5.82 Å². The van der Waals surface area contributed by atoms with Crippen LogP contribution in [0.5, 0.6) is 0 Å². The average molecular weight is 637 g/mol. The third-order valence-electron chi connectivity index (χ3n) is 6.21. The monoisotopic (exact) mass is 635 g/mol. The highest BCUT2D eigenvalue weighted by molar-refractivity contribution is 7.99. The van der Waals surface area contributed by atoms with Crippen molar-refractivity contribution < 1.29 is 22.3 Å². The number of aromatic nitrogens is 3. The number of nitrogens with one attached hydrogen (secondary N) is 1. The second-order valence-electron chi connectivity index (χ2n) is 9.02. The van der Waals surface area contributed by atoms with Gasteiger partial charge < -0.3 is 10.1 Å². The van der Waals surface area contributed by atoms with Crippen molar-refractivity contribution in [3.63, 3.8) is 0 Å². The van der Waals surface area contributed by atoms with E-state index >= 15 is 0 Å². The maximum absolute atomic E-state index is 13.6. The van der Waals surface area contributed by atoms with Gasteiger partial charge in [-0.2, -0.15) is 4.31 Å². The van der Waals surface area contributed by atoms with Crippen LogP contribution in [0.15, 0.2) is 76.8 Å². The number of amides is 1. The van der Waals surface area contributed by atoms with Gasteiger partial charge >= 0.3 is 0 Å². The summed E-state index contributed by atoms with van der Waals surface area (Å²) in [6.07, 6.45) is 0. The first-order valence-electron chi connectivity index (χ1n) is 12.4. The first-order valence-corrected chi connectivity index (χ1v) is 15.6. The van der Waals surface area contributed by atoms with Crippen molar-refractivity contribution in [3.05, 3.63) is 88.2 Å². The van der Waals surface area contributed by atoms with Gasteiger partial charge in [-0.3, -0.25) is 9.36 Å². The van der Waals surface area contributed by atoms with Gasteiger partial charge in [-0.15, -0.1) is 10.2 Å². The molecule has 9 nitrogen and oxygen atoms in total. The molecule has 0 radical (unpaired) electrons. The lowest BCUT2D eigenvalue weighted by molar-refractivity contribution is -0.113. The summed E-state index contributed by atoms with van der Waals surface area (Å²) in [5.74, 6) is -0.301. The zero-order chi connectivity index (χ0) is 29.0. The lowest BCUT2D eigenvalue weighted by Gasteiger charge is -2.26. The molecular weight excluding hydrogens is 612 g/mol. The van der Waals surface area contributed by atoms with E-state index in [1.54, 1.807) is 47.0 Å². The van der Waals surface area contributed by atoms with E-state index in [2.05, 4.69) is 15.5 Å². The standard InChI is InChI=1S/C27H24Cl2FN5O4S2/c28-20-6-9-24(23(29)15-20)31-25(36)17-40-27-33-32-26(35(27)16-18-4-7-21(30)8-5-18)19-2-1-3-22(14-19)41(37,38)34-10-12-39-13-11-34/h1-9,14-15H,10-13,16-17H2,(H,31,36). The Morgan fingerprint density at radius 3 is 2.51 bits per heavy atom. The van der Waals surface area contributed by atoms with Crippen molar-refractivity contribution in [1.29, 1.82) is 0 Å². The van der Waals surface area contributed by atoms with Gasteiger partial charge in [0.15, 0.2) is 11.0 Å². The third-order valence-corrected chi connectivity index (χ3v) is 9.62. The van der Waals surface area contributed by atoms with Gasteiger partial charge in [0.2, 0.25) is 15.9 Å². The number of carbonyl (C=O) groups excluding carboxylic acids is 1. The highest BCUT2D eigenvalue weighted by atomic mass is 35.5. The number of halogens is 3. The minimum Gasteiger partial charge on any atom is -0.379 e. The Hall–Kier alpha value is -3.00. The van der Waals surface area contributed by atoms with Crippen LogP contribution in [0.4, 0.5) is 10.1 Å². The van der Waals surface area contributed by atoms with E-state index in [4.69, 9.17) is 27.9 Å². The van der Waals surface area contributed by atoms with Gasteiger partial charge in [0.25, 0.3) is 0 Å². The summed E-state index contributed by atoms with van der Waals surface area (Å²) >= 11 is 13.3. The fourth-order valence-electron chi connectivity index (χ4n) is 4.16. The quantitative estimate of drug-likeness (QED) is 0.252. The maximum Gasteiger partial charge on any atom is 0.243 e. The molecule has 1 fully saturated rings. The topological polar surface area (TPSA) is 106 Å². The fourth-order valence-corrected chi connectivity index (χ4v) is 6.81. The number of thioether (sulfide) groups is 1. The van der Waals surface area contributed by atoms with Crippen molar-refractivity contribution in [2.45, 2.75) is 16.6 Å². The summed E-state index contributed by atoms with van der Waals surface area (Å²) in [7, 11) is -3.74. The fraction of sp³-hybridized carbons (Fsp3) is 0.222. The second kappa shape index (κ2) is 12.9. The van der Waals surface area contributed by atoms with Crippen molar-refractivity contribution in [2.75, 3.05) is 37.4 Å². The Morgan fingerprint density at radius 1 is 1.02 bits per heavy atom. The number of anilines is 1. The Bertz CT molecular complexity index is 1660. The molecule has 41 heavy (non-hydrogen) atoms. The predicted octanol–water partition coefficient (Wildman–Crippen LogP) is 5.19. The Kier molecular flexibility index (Phi) is 9.27. The summed E-state index contributed by atoms with van der Waals surface area (Å²) in [5.41, 5.74) is 1.72. The van der Waals surface area contributed by atoms with Crippen molar-refractivity contribution >= 4 is 56.6 Å². The number of sulfonamides is 1. The lowest BCUT2D eigenvalue weighted by atomic mass is 10.2. The van der Waals surface area contributed by atoms with Crippen LogP contribution in [0.1, 0.15) is 5.56 Å². The largest absolute Gasteiger partial charge is 0.379 e. The molecule has 0 aliphatic carbocycles. The van der Waals surface area contributed by atoms with Crippen molar-refractivity contribution in [1.82, 2.24) is 19.1 Å². The summed E-state index contributed by atoms with van der Waals surface area (Å²) in [4.78, 5) is 12.8. The molecule has 4 aromatic rings. The third kappa shape index (κ3) is 7.08. The molecule has 1 aromatic heterocycles. The molecule has 1 aliphatic rings. The van der Waals surface area contributed by atoms with Crippen LogP contribution in [0.3, 0.4) is 0 Å². The Balaban J connectivity index is 1.42. The molecule has 1 aliphatic heterocycles. The molecule has 14 heteroatoms. The van der Waals surface area contributed by atoms with Crippen LogP contribution in [-0.2, 0) is 26.1 Å².